The maximum absolute atomic E-state index is 12.5. The third kappa shape index (κ3) is 3.50. The Kier molecular flexibility index (Phi) is 5.30. The average Bonchev–Trinajstić information content (AvgIpc) is 2.87. The van der Waals surface area contributed by atoms with Crippen LogP contribution in [0, 0.1) is 0 Å². The van der Waals surface area contributed by atoms with Crippen LogP contribution >= 0.6 is 15.9 Å². The molecular formula is C19H20BrN3O2. The maximum atomic E-state index is 12.5. The minimum absolute atomic E-state index is 0.0308. The van der Waals surface area contributed by atoms with Gasteiger partial charge in [-0.25, -0.2) is 0 Å². The third-order valence-electron chi connectivity index (χ3n) is 4.43. The van der Waals surface area contributed by atoms with E-state index in [2.05, 4.69) is 25.8 Å². The van der Waals surface area contributed by atoms with Gasteiger partial charge in [0.1, 0.15) is 0 Å². The van der Waals surface area contributed by atoms with Crippen LogP contribution in [-0.2, 0) is 5.33 Å². The predicted octanol–water partition coefficient (Wildman–Crippen LogP) is 3.27. The summed E-state index contributed by atoms with van der Waals surface area (Å²) in [7, 11) is 3.96. The number of hydrogen-bond donors (Lipinski definition) is 0. The first-order valence-corrected chi connectivity index (χ1v) is 9.28. The number of carbonyl (C=O) groups is 2. The number of nitrogens with zero attached hydrogens (tertiary/aromatic N) is 3. The SMILES string of the molecule is CN(C)C(CCN1C(=O)c2ccccc2C1=O)c1cccc(CBr)n1. The zero-order chi connectivity index (χ0) is 18.0. The molecule has 1 aliphatic rings. The molecule has 0 bridgehead atoms. The quantitative estimate of drug-likeness (QED) is 0.550. The van der Waals surface area contributed by atoms with Gasteiger partial charge < -0.3 is 4.90 Å². The Morgan fingerprint density at radius 3 is 2.24 bits per heavy atom. The summed E-state index contributed by atoms with van der Waals surface area (Å²) in [6.45, 7) is 0.370. The first kappa shape index (κ1) is 17.8. The molecule has 2 aromatic rings. The largest absolute Gasteiger partial charge is 0.301 e. The van der Waals surface area contributed by atoms with Gasteiger partial charge in [-0.05, 0) is 44.8 Å². The van der Waals surface area contributed by atoms with Gasteiger partial charge in [-0.1, -0.05) is 34.1 Å². The number of rotatable bonds is 6. The van der Waals surface area contributed by atoms with E-state index in [1.54, 1.807) is 24.3 Å². The van der Waals surface area contributed by atoms with Crippen molar-refractivity contribution >= 4 is 27.7 Å². The Labute approximate surface area is 155 Å². The number of amides is 2. The van der Waals surface area contributed by atoms with E-state index in [0.29, 0.717) is 29.4 Å². The number of pyridine rings is 1. The third-order valence-corrected chi connectivity index (χ3v) is 5.01. The molecule has 3 rings (SSSR count). The second-order valence-corrected chi connectivity index (χ2v) is 6.82. The summed E-state index contributed by atoms with van der Waals surface area (Å²) in [5.74, 6) is -0.416. The molecule has 0 saturated carbocycles. The molecule has 1 unspecified atom stereocenters. The first-order valence-electron chi connectivity index (χ1n) is 8.16. The Morgan fingerprint density at radius 2 is 1.68 bits per heavy atom. The van der Waals surface area contributed by atoms with Crippen LogP contribution in [0.15, 0.2) is 42.5 Å². The number of imide groups is 1. The van der Waals surface area contributed by atoms with E-state index in [9.17, 15) is 9.59 Å². The molecule has 5 nitrogen and oxygen atoms in total. The molecule has 0 spiro atoms. The predicted molar refractivity (Wildman–Crippen MR) is 99.7 cm³/mol. The molecule has 0 N–H and O–H groups in total. The molecule has 1 aliphatic heterocycles. The Bertz CT molecular complexity index is 772. The van der Waals surface area contributed by atoms with E-state index >= 15 is 0 Å². The van der Waals surface area contributed by atoms with Gasteiger partial charge in [0.05, 0.1) is 28.6 Å². The van der Waals surface area contributed by atoms with Crippen molar-refractivity contribution in [2.75, 3.05) is 20.6 Å². The van der Waals surface area contributed by atoms with E-state index < -0.39 is 0 Å². The van der Waals surface area contributed by atoms with E-state index in [-0.39, 0.29) is 17.9 Å². The van der Waals surface area contributed by atoms with Crippen LogP contribution in [0.4, 0.5) is 0 Å². The van der Waals surface area contributed by atoms with Crippen LogP contribution in [0.1, 0.15) is 44.6 Å². The number of alkyl halides is 1. The molecule has 1 aromatic carbocycles. The van der Waals surface area contributed by atoms with Gasteiger partial charge in [0, 0.05) is 11.9 Å². The van der Waals surface area contributed by atoms with E-state index in [1.165, 1.54) is 4.90 Å². The van der Waals surface area contributed by atoms with Crippen LogP contribution in [0.5, 0.6) is 0 Å². The summed E-state index contributed by atoms with van der Waals surface area (Å²) in [5.41, 5.74) is 2.89. The molecule has 1 atom stereocenters. The monoisotopic (exact) mass is 401 g/mol. The Morgan fingerprint density at radius 1 is 1.04 bits per heavy atom. The lowest BCUT2D eigenvalue weighted by Crippen LogP contribution is -2.33. The lowest BCUT2D eigenvalue weighted by Gasteiger charge is -2.26. The van der Waals surface area contributed by atoms with Gasteiger partial charge in [0.25, 0.3) is 11.8 Å². The smallest absolute Gasteiger partial charge is 0.261 e. The van der Waals surface area contributed by atoms with Crippen LogP contribution in [0.25, 0.3) is 0 Å². The minimum Gasteiger partial charge on any atom is -0.301 e. The lowest BCUT2D eigenvalue weighted by atomic mass is 10.1. The zero-order valence-electron chi connectivity index (χ0n) is 14.3. The Hall–Kier alpha value is -2.05. The molecule has 0 radical (unpaired) electrons. The van der Waals surface area contributed by atoms with E-state index in [4.69, 9.17) is 0 Å². The number of fused-ring (bicyclic) bond motifs is 1. The van der Waals surface area contributed by atoms with Crippen molar-refractivity contribution in [3.63, 3.8) is 0 Å². The minimum atomic E-state index is -0.208. The standard InChI is InChI=1S/C19H20BrN3O2/c1-22(2)17(16-9-5-6-13(12-20)21-16)10-11-23-18(24)14-7-3-4-8-15(14)19(23)25/h3-9,17H,10-12H2,1-2H3. The van der Waals surface area contributed by atoms with Crippen molar-refractivity contribution in [3.8, 4) is 0 Å². The zero-order valence-corrected chi connectivity index (χ0v) is 15.9. The van der Waals surface area contributed by atoms with Crippen molar-refractivity contribution in [1.82, 2.24) is 14.8 Å². The van der Waals surface area contributed by atoms with E-state index in [1.807, 2.05) is 32.3 Å². The fourth-order valence-electron chi connectivity index (χ4n) is 3.12. The highest BCUT2D eigenvalue weighted by Crippen LogP contribution is 2.26. The molecule has 25 heavy (non-hydrogen) atoms. The van der Waals surface area contributed by atoms with E-state index in [0.717, 1.165) is 11.4 Å². The fourth-order valence-corrected chi connectivity index (χ4v) is 3.43. The maximum Gasteiger partial charge on any atom is 0.261 e. The van der Waals surface area contributed by atoms with Gasteiger partial charge in [0.15, 0.2) is 0 Å². The fraction of sp³-hybridized carbons (Fsp3) is 0.316. The summed E-state index contributed by atoms with van der Waals surface area (Å²) >= 11 is 3.43. The summed E-state index contributed by atoms with van der Waals surface area (Å²) in [4.78, 5) is 33.1. The molecule has 130 valence electrons. The molecule has 1 aromatic heterocycles. The van der Waals surface area contributed by atoms with Crippen molar-refractivity contribution in [1.29, 1.82) is 0 Å². The van der Waals surface area contributed by atoms with Crippen molar-refractivity contribution in [2.45, 2.75) is 17.8 Å². The van der Waals surface area contributed by atoms with Crippen molar-refractivity contribution in [3.05, 3.63) is 65.0 Å². The topological polar surface area (TPSA) is 53.5 Å². The van der Waals surface area contributed by atoms with Crippen molar-refractivity contribution in [2.24, 2.45) is 0 Å². The molecule has 0 aliphatic carbocycles. The van der Waals surface area contributed by atoms with Gasteiger partial charge >= 0.3 is 0 Å². The number of aromatic nitrogens is 1. The van der Waals surface area contributed by atoms with Crippen LogP contribution in [0.2, 0.25) is 0 Å². The van der Waals surface area contributed by atoms with Gasteiger partial charge in [0.2, 0.25) is 0 Å². The summed E-state index contributed by atoms with van der Waals surface area (Å²) in [6.07, 6.45) is 0.636. The summed E-state index contributed by atoms with van der Waals surface area (Å²) in [6, 6.07) is 13.0. The summed E-state index contributed by atoms with van der Waals surface area (Å²) < 4.78 is 0. The van der Waals surface area contributed by atoms with Crippen LogP contribution in [-0.4, -0.2) is 47.2 Å². The molecule has 0 saturated heterocycles. The number of carbonyl (C=O) groups excluding carboxylic acids is 2. The highest BCUT2D eigenvalue weighted by molar-refractivity contribution is 9.08. The highest BCUT2D eigenvalue weighted by atomic mass is 79.9. The molecular weight excluding hydrogens is 382 g/mol. The number of halogens is 1. The molecule has 2 heterocycles. The highest BCUT2D eigenvalue weighted by Gasteiger charge is 2.35. The van der Waals surface area contributed by atoms with Crippen molar-refractivity contribution < 1.29 is 9.59 Å². The van der Waals surface area contributed by atoms with Gasteiger partial charge in [-0.2, -0.15) is 0 Å². The number of benzene rings is 1. The average molecular weight is 402 g/mol. The molecule has 6 heteroatoms. The normalized spacial score (nSPS) is 15.0. The Balaban J connectivity index is 1.77. The first-order chi connectivity index (χ1) is 12.0. The molecule has 2 amide bonds. The van der Waals surface area contributed by atoms with Gasteiger partial charge in [-0.15, -0.1) is 0 Å². The second-order valence-electron chi connectivity index (χ2n) is 6.26. The molecule has 0 fully saturated rings. The number of hydrogen-bond acceptors (Lipinski definition) is 4. The second kappa shape index (κ2) is 7.45. The lowest BCUT2D eigenvalue weighted by molar-refractivity contribution is 0.0639. The van der Waals surface area contributed by atoms with Crippen LogP contribution < -0.4 is 0 Å². The van der Waals surface area contributed by atoms with Crippen LogP contribution in [0.3, 0.4) is 0 Å². The van der Waals surface area contributed by atoms with Gasteiger partial charge in [-0.3, -0.25) is 19.5 Å². The summed E-state index contributed by atoms with van der Waals surface area (Å²) in [5, 5.41) is 0.694.